The van der Waals surface area contributed by atoms with E-state index in [-0.39, 0.29) is 11.3 Å². The van der Waals surface area contributed by atoms with E-state index < -0.39 is 0 Å². The van der Waals surface area contributed by atoms with Crippen LogP contribution >= 0.6 is 0 Å². The van der Waals surface area contributed by atoms with Crippen molar-refractivity contribution < 1.29 is 4.79 Å². The molecule has 0 spiro atoms. The minimum Gasteiger partial charge on any atom is -0.321 e. The predicted octanol–water partition coefficient (Wildman–Crippen LogP) is 5.03. The highest BCUT2D eigenvalue weighted by atomic mass is 16.1. The molecular weight excluding hydrogens is 360 g/mol. The van der Waals surface area contributed by atoms with E-state index in [0.29, 0.717) is 11.6 Å². The number of aryl methyl sites for hydroxylation is 1. The number of anilines is 3. The zero-order valence-electron chi connectivity index (χ0n) is 17.4. The van der Waals surface area contributed by atoms with Crippen molar-refractivity contribution in [3.8, 4) is 0 Å². The first kappa shape index (κ1) is 19.1. The van der Waals surface area contributed by atoms with Gasteiger partial charge >= 0.3 is 0 Å². The second-order valence-corrected chi connectivity index (χ2v) is 8.51. The molecule has 1 N–H and O–H groups in total. The largest absolute Gasteiger partial charge is 0.321 e. The van der Waals surface area contributed by atoms with E-state index in [2.05, 4.69) is 53.1 Å². The zero-order chi connectivity index (χ0) is 20.6. The molecule has 29 heavy (non-hydrogen) atoms. The first-order chi connectivity index (χ1) is 13.8. The van der Waals surface area contributed by atoms with Gasteiger partial charge in [0.1, 0.15) is 5.69 Å². The first-order valence-electron chi connectivity index (χ1n) is 9.94. The summed E-state index contributed by atoms with van der Waals surface area (Å²) < 4.78 is 0. The lowest BCUT2D eigenvalue weighted by Crippen LogP contribution is -2.21. The fourth-order valence-electron chi connectivity index (χ4n) is 3.58. The van der Waals surface area contributed by atoms with Crippen LogP contribution in [0, 0.1) is 6.92 Å². The van der Waals surface area contributed by atoms with Gasteiger partial charge in [-0.15, -0.1) is 0 Å². The fraction of sp³-hybridized carbons (Fsp3) is 0.292. The Labute approximate surface area is 171 Å². The van der Waals surface area contributed by atoms with Crippen LogP contribution in [0.2, 0.25) is 0 Å². The number of carbonyl (C=O) groups is 1. The maximum Gasteiger partial charge on any atom is 0.274 e. The van der Waals surface area contributed by atoms with Gasteiger partial charge in [0.2, 0.25) is 5.95 Å². The van der Waals surface area contributed by atoms with Crippen LogP contribution in [0.4, 0.5) is 17.3 Å². The second kappa shape index (κ2) is 7.32. The number of amides is 1. The summed E-state index contributed by atoms with van der Waals surface area (Å²) in [4.78, 5) is 24.1. The van der Waals surface area contributed by atoms with Gasteiger partial charge in [-0.25, -0.2) is 9.97 Å². The molecule has 0 saturated carbocycles. The summed E-state index contributed by atoms with van der Waals surface area (Å²) in [6, 6.07) is 18.0. The smallest absolute Gasteiger partial charge is 0.274 e. The van der Waals surface area contributed by atoms with E-state index >= 15 is 0 Å². The molecule has 1 aromatic heterocycles. The quantitative estimate of drug-likeness (QED) is 0.686. The summed E-state index contributed by atoms with van der Waals surface area (Å²) in [7, 11) is 0. The van der Waals surface area contributed by atoms with E-state index in [1.807, 2.05) is 43.3 Å². The SMILES string of the molecule is Cc1cc(C(=O)Nc2ccc(C(C)(C)C)cc2)nc(N2CCc3ccccc32)n1. The normalized spacial score (nSPS) is 13.3. The van der Waals surface area contributed by atoms with Gasteiger partial charge in [0.05, 0.1) is 0 Å². The number of aromatic nitrogens is 2. The Morgan fingerprint density at radius 2 is 1.76 bits per heavy atom. The molecule has 2 aromatic carbocycles. The number of rotatable bonds is 3. The lowest BCUT2D eigenvalue weighted by Gasteiger charge is -2.19. The molecule has 0 aliphatic carbocycles. The molecule has 5 heteroatoms. The number of nitrogens with one attached hydrogen (secondary N) is 1. The first-order valence-corrected chi connectivity index (χ1v) is 9.94. The maximum absolute atomic E-state index is 12.8. The Morgan fingerprint density at radius 3 is 2.48 bits per heavy atom. The second-order valence-electron chi connectivity index (χ2n) is 8.51. The molecule has 4 rings (SSSR count). The van der Waals surface area contributed by atoms with Crippen LogP contribution in [0.5, 0.6) is 0 Å². The summed E-state index contributed by atoms with van der Waals surface area (Å²) >= 11 is 0. The average Bonchev–Trinajstić information content (AvgIpc) is 3.11. The van der Waals surface area contributed by atoms with Crippen LogP contribution in [0.15, 0.2) is 54.6 Å². The highest BCUT2D eigenvalue weighted by Gasteiger charge is 2.23. The average molecular weight is 386 g/mol. The summed E-state index contributed by atoms with van der Waals surface area (Å²) in [5.41, 5.74) is 5.60. The number of nitrogens with zero attached hydrogens (tertiary/aromatic N) is 3. The summed E-state index contributed by atoms with van der Waals surface area (Å²) in [5, 5.41) is 2.95. The molecule has 1 aliphatic rings. The van der Waals surface area contributed by atoms with Crippen molar-refractivity contribution in [2.75, 3.05) is 16.8 Å². The summed E-state index contributed by atoms with van der Waals surface area (Å²) in [6.07, 6.45) is 0.954. The van der Waals surface area contributed by atoms with Crippen molar-refractivity contribution in [3.63, 3.8) is 0 Å². The number of hydrogen-bond acceptors (Lipinski definition) is 4. The number of hydrogen-bond donors (Lipinski definition) is 1. The highest BCUT2D eigenvalue weighted by molar-refractivity contribution is 6.03. The zero-order valence-corrected chi connectivity index (χ0v) is 17.4. The molecule has 1 amide bonds. The van der Waals surface area contributed by atoms with Crippen LogP contribution in [-0.4, -0.2) is 22.4 Å². The van der Waals surface area contributed by atoms with Gasteiger partial charge < -0.3 is 10.2 Å². The van der Waals surface area contributed by atoms with Crippen molar-refractivity contribution in [1.29, 1.82) is 0 Å². The molecule has 148 valence electrons. The van der Waals surface area contributed by atoms with E-state index in [4.69, 9.17) is 0 Å². The number of para-hydroxylation sites is 1. The highest BCUT2D eigenvalue weighted by Crippen LogP contribution is 2.32. The van der Waals surface area contributed by atoms with Gasteiger partial charge in [0.25, 0.3) is 5.91 Å². The third kappa shape index (κ3) is 3.99. The van der Waals surface area contributed by atoms with E-state index in [9.17, 15) is 4.79 Å². The van der Waals surface area contributed by atoms with E-state index in [1.165, 1.54) is 11.1 Å². The standard InChI is InChI=1S/C24H26N4O/c1-16-15-20(22(29)26-19-11-9-18(10-12-19)24(2,3)4)27-23(25-16)28-14-13-17-7-5-6-8-21(17)28/h5-12,15H,13-14H2,1-4H3,(H,26,29). The molecule has 0 fully saturated rings. The Balaban J connectivity index is 1.57. The summed E-state index contributed by atoms with van der Waals surface area (Å²) in [5.74, 6) is 0.343. The molecule has 2 heterocycles. The molecular formula is C24H26N4O. The summed E-state index contributed by atoms with van der Waals surface area (Å²) in [6.45, 7) is 9.22. The Morgan fingerprint density at radius 1 is 1.03 bits per heavy atom. The van der Waals surface area contributed by atoms with E-state index in [1.54, 1.807) is 6.07 Å². The molecule has 1 aliphatic heterocycles. The van der Waals surface area contributed by atoms with Gasteiger partial charge in [0.15, 0.2) is 0 Å². The van der Waals surface area contributed by atoms with E-state index in [0.717, 1.165) is 30.0 Å². The number of benzene rings is 2. The van der Waals surface area contributed by atoms with Crippen LogP contribution in [0.25, 0.3) is 0 Å². The third-order valence-electron chi connectivity index (χ3n) is 5.21. The van der Waals surface area contributed by atoms with Crippen molar-refractivity contribution in [2.24, 2.45) is 0 Å². The van der Waals surface area contributed by atoms with Crippen molar-refractivity contribution >= 4 is 23.2 Å². The van der Waals surface area contributed by atoms with Gasteiger partial charge in [-0.1, -0.05) is 51.1 Å². The molecule has 3 aromatic rings. The Kier molecular flexibility index (Phi) is 4.82. The number of carbonyl (C=O) groups excluding carboxylic acids is 1. The fourth-order valence-corrected chi connectivity index (χ4v) is 3.58. The van der Waals surface area contributed by atoms with Gasteiger partial charge in [-0.05, 0) is 54.2 Å². The minimum atomic E-state index is -0.229. The Bertz CT molecular complexity index is 1050. The molecule has 0 atom stereocenters. The van der Waals surface area contributed by atoms with Crippen LogP contribution in [0.3, 0.4) is 0 Å². The van der Waals surface area contributed by atoms with Gasteiger partial charge in [-0.2, -0.15) is 0 Å². The predicted molar refractivity (Wildman–Crippen MR) is 117 cm³/mol. The monoisotopic (exact) mass is 386 g/mol. The van der Waals surface area contributed by atoms with Crippen molar-refractivity contribution in [1.82, 2.24) is 9.97 Å². The van der Waals surface area contributed by atoms with Crippen LogP contribution in [-0.2, 0) is 11.8 Å². The topological polar surface area (TPSA) is 58.1 Å². The third-order valence-corrected chi connectivity index (χ3v) is 5.21. The van der Waals surface area contributed by atoms with Crippen molar-refractivity contribution in [3.05, 3.63) is 77.1 Å². The molecule has 0 saturated heterocycles. The van der Waals surface area contributed by atoms with Crippen LogP contribution in [0.1, 0.15) is 48.1 Å². The number of fused-ring (bicyclic) bond motifs is 1. The molecule has 5 nitrogen and oxygen atoms in total. The lowest BCUT2D eigenvalue weighted by atomic mass is 9.87. The van der Waals surface area contributed by atoms with Gasteiger partial charge in [0, 0.05) is 23.6 Å². The Hall–Kier alpha value is -3.21. The van der Waals surface area contributed by atoms with Crippen LogP contribution < -0.4 is 10.2 Å². The maximum atomic E-state index is 12.8. The van der Waals surface area contributed by atoms with Crippen molar-refractivity contribution in [2.45, 2.75) is 39.5 Å². The van der Waals surface area contributed by atoms with Gasteiger partial charge in [-0.3, -0.25) is 4.79 Å². The molecule has 0 bridgehead atoms. The molecule has 0 unspecified atom stereocenters. The minimum absolute atomic E-state index is 0.0766. The lowest BCUT2D eigenvalue weighted by molar-refractivity contribution is 0.102. The molecule has 0 radical (unpaired) electrons.